The summed E-state index contributed by atoms with van der Waals surface area (Å²) in [6.07, 6.45) is 7.40. The predicted molar refractivity (Wildman–Crippen MR) is 101 cm³/mol. The van der Waals surface area contributed by atoms with E-state index in [4.69, 9.17) is 0 Å². The summed E-state index contributed by atoms with van der Waals surface area (Å²) in [4.78, 5) is 0.549. The maximum Gasteiger partial charge on any atom is 0.0797 e. The third-order valence-electron chi connectivity index (χ3n) is 7.30. The summed E-state index contributed by atoms with van der Waals surface area (Å²) < 4.78 is 0. The third kappa shape index (κ3) is 3.43. The number of hydrogen-bond acceptors (Lipinski definition) is 2. The Balaban J connectivity index is 2.31. The van der Waals surface area contributed by atoms with E-state index in [1.54, 1.807) is 6.08 Å². The molecule has 3 heteroatoms. The van der Waals surface area contributed by atoms with Gasteiger partial charge in [-0.05, 0) is 75.0 Å². The van der Waals surface area contributed by atoms with Crippen molar-refractivity contribution in [1.82, 2.24) is 0 Å². The minimum absolute atomic E-state index is 0.132. The Labute approximate surface area is 150 Å². The first-order valence-electron chi connectivity index (χ1n) is 9.09. The summed E-state index contributed by atoms with van der Waals surface area (Å²) in [5, 5.41) is 21.5. The van der Waals surface area contributed by atoms with Gasteiger partial charge < -0.3 is 10.2 Å². The molecule has 2 nitrogen and oxygen atoms in total. The van der Waals surface area contributed by atoms with Gasteiger partial charge in [0, 0.05) is 4.83 Å². The lowest BCUT2D eigenvalue weighted by atomic mass is 9.45. The standard InChI is InChI=1S/C20H35BrO2/c1-7-18(4,22)11-8-15-19(5)12-10-16(21)17(2,3)14(19)9-13-20(15,6)23/h7,14-16,22-23H,1,8-13H2,2-6H3/t14?,15-,16-,18-,19-,20-/m1/s1. The highest BCUT2D eigenvalue weighted by Gasteiger charge is 2.59. The van der Waals surface area contributed by atoms with Gasteiger partial charge in [-0.2, -0.15) is 0 Å². The topological polar surface area (TPSA) is 40.5 Å². The summed E-state index contributed by atoms with van der Waals surface area (Å²) in [6, 6.07) is 0. The van der Waals surface area contributed by atoms with Crippen LogP contribution in [0.1, 0.15) is 73.1 Å². The zero-order chi connectivity index (χ0) is 17.7. The number of aliphatic hydroxyl groups is 2. The molecule has 1 unspecified atom stereocenters. The Kier molecular flexibility index (Phi) is 5.20. The van der Waals surface area contributed by atoms with Crippen molar-refractivity contribution in [2.45, 2.75) is 89.2 Å². The molecule has 0 heterocycles. The fourth-order valence-electron chi connectivity index (χ4n) is 5.67. The summed E-state index contributed by atoms with van der Waals surface area (Å²) in [6.45, 7) is 14.7. The molecule has 2 rings (SSSR count). The molecule has 0 saturated heterocycles. The van der Waals surface area contributed by atoms with Crippen molar-refractivity contribution < 1.29 is 10.2 Å². The molecule has 2 aliphatic rings. The van der Waals surface area contributed by atoms with Gasteiger partial charge in [0.25, 0.3) is 0 Å². The minimum Gasteiger partial charge on any atom is -0.390 e. The fourth-order valence-corrected chi connectivity index (χ4v) is 6.22. The van der Waals surface area contributed by atoms with Gasteiger partial charge in [0.15, 0.2) is 0 Å². The Morgan fingerprint density at radius 1 is 1.22 bits per heavy atom. The van der Waals surface area contributed by atoms with E-state index in [0.29, 0.717) is 17.2 Å². The summed E-state index contributed by atoms with van der Waals surface area (Å²) in [5.41, 5.74) is -1.12. The van der Waals surface area contributed by atoms with E-state index in [-0.39, 0.29) is 16.7 Å². The van der Waals surface area contributed by atoms with Crippen LogP contribution in [0.2, 0.25) is 0 Å². The van der Waals surface area contributed by atoms with E-state index in [1.165, 1.54) is 0 Å². The predicted octanol–water partition coefficient (Wildman–Crippen LogP) is 5.07. The van der Waals surface area contributed by atoms with Crippen molar-refractivity contribution in [2.24, 2.45) is 22.7 Å². The number of fused-ring (bicyclic) bond motifs is 1. The monoisotopic (exact) mass is 386 g/mol. The highest BCUT2D eigenvalue weighted by atomic mass is 79.9. The number of halogens is 1. The van der Waals surface area contributed by atoms with Gasteiger partial charge in [0.2, 0.25) is 0 Å². The molecule has 0 bridgehead atoms. The van der Waals surface area contributed by atoms with Crippen molar-refractivity contribution in [2.75, 3.05) is 0 Å². The van der Waals surface area contributed by atoms with Gasteiger partial charge in [0.05, 0.1) is 11.2 Å². The second-order valence-electron chi connectivity index (χ2n) is 9.43. The van der Waals surface area contributed by atoms with Crippen molar-refractivity contribution in [3.63, 3.8) is 0 Å². The van der Waals surface area contributed by atoms with Crippen molar-refractivity contribution in [3.8, 4) is 0 Å². The molecule has 134 valence electrons. The molecule has 0 spiro atoms. The molecular weight excluding hydrogens is 352 g/mol. The second kappa shape index (κ2) is 6.14. The van der Waals surface area contributed by atoms with Crippen LogP contribution in [0.15, 0.2) is 12.7 Å². The number of alkyl halides is 1. The van der Waals surface area contributed by atoms with E-state index in [2.05, 4.69) is 43.3 Å². The molecule has 0 amide bonds. The average molecular weight is 387 g/mol. The Morgan fingerprint density at radius 3 is 2.39 bits per heavy atom. The first-order chi connectivity index (χ1) is 10.4. The first kappa shape index (κ1) is 19.5. The zero-order valence-electron chi connectivity index (χ0n) is 15.5. The van der Waals surface area contributed by atoms with E-state index in [1.807, 2.05) is 13.8 Å². The molecule has 2 N–H and O–H groups in total. The summed E-state index contributed by atoms with van der Waals surface area (Å²) in [5.74, 6) is 0.825. The zero-order valence-corrected chi connectivity index (χ0v) is 17.1. The van der Waals surface area contributed by atoms with Crippen molar-refractivity contribution >= 4 is 15.9 Å². The number of hydrogen-bond donors (Lipinski definition) is 2. The molecule has 0 radical (unpaired) electrons. The minimum atomic E-state index is -0.846. The first-order valence-corrected chi connectivity index (χ1v) is 10.0. The molecule has 0 aromatic rings. The largest absolute Gasteiger partial charge is 0.390 e. The van der Waals surface area contributed by atoms with Crippen LogP contribution in [0, 0.1) is 22.7 Å². The van der Waals surface area contributed by atoms with E-state index >= 15 is 0 Å². The van der Waals surface area contributed by atoms with Crippen LogP contribution >= 0.6 is 15.9 Å². The fraction of sp³-hybridized carbons (Fsp3) is 0.900. The smallest absolute Gasteiger partial charge is 0.0797 e. The lowest BCUT2D eigenvalue weighted by Crippen LogP contribution is -2.59. The SMILES string of the molecule is C=C[C@@](C)(O)CC[C@H]1[C@](C)(O)CCC2C(C)(C)[C@H](Br)CC[C@]21C. The molecular formula is C20H35BrO2. The third-order valence-corrected chi connectivity index (χ3v) is 8.94. The molecule has 0 aromatic carbocycles. The molecule has 0 aromatic heterocycles. The van der Waals surface area contributed by atoms with Gasteiger partial charge in [0.1, 0.15) is 0 Å². The van der Waals surface area contributed by atoms with Gasteiger partial charge >= 0.3 is 0 Å². The highest BCUT2D eigenvalue weighted by Crippen LogP contribution is 2.64. The van der Waals surface area contributed by atoms with Crippen LogP contribution in [0.4, 0.5) is 0 Å². The number of rotatable bonds is 4. The molecule has 6 atom stereocenters. The highest BCUT2D eigenvalue weighted by molar-refractivity contribution is 9.09. The van der Waals surface area contributed by atoms with Gasteiger partial charge in [-0.1, -0.05) is 42.8 Å². The van der Waals surface area contributed by atoms with Crippen LogP contribution in [-0.4, -0.2) is 26.2 Å². The lowest BCUT2D eigenvalue weighted by Gasteiger charge is -2.62. The Morgan fingerprint density at radius 2 is 1.83 bits per heavy atom. The van der Waals surface area contributed by atoms with Crippen LogP contribution in [-0.2, 0) is 0 Å². The Hall–Kier alpha value is 0.140. The van der Waals surface area contributed by atoms with Gasteiger partial charge in [-0.15, -0.1) is 6.58 Å². The molecule has 2 fully saturated rings. The normalized spacial score (nSPS) is 45.8. The average Bonchev–Trinajstić information content (AvgIpc) is 2.42. The van der Waals surface area contributed by atoms with Crippen LogP contribution in [0.5, 0.6) is 0 Å². The van der Waals surface area contributed by atoms with E-state index in [9.17, 15) is 10.2 Å². The van der Waals surface area contributed by atoms with Crippen LogP contribution < -0.4 is 0 Å². The summed E-state index contributed by atoms with van der Waals surface area (Å²) in [7, 11) is 0. The molecule has 2 aliphatic carbocycles. The lowest BCUT2D eigenvalue weighted by molar-refractivity contribution is -0.169. The van der Waals surface area contributed by atoms with Crippen molar-refractivity contribution in [1.29, 1.82) is 0 Å². The van der Waals surface area contributed by atoms with E-state index < -0.39 is 11.2 Å². The molecule has 0 aliphatic heterocycles. The molecule has 2 saturated carbocycles. The maximum absolute atomic E-state index is 11.1. The van der Waals surface area contributed by atoms with Crippen LogP contribution in [0.25, 0.3) is 0 Å². The van der Waals surface area contributed by atoms with Crippen molar-refractivity contribution in [3.05, 3.63) is 12.7 Å². The van der Waals surface area contributed by atoms with E-state index in [0.717, 1.165) is 32.1 Å². The Bertz CT molecular complexity index is 455. The maximum atomic E-state index is 11.1. The summed E-state index contributed by atoms with van der Waals surface area (Å²) >= 11 is 3.91. The molecule has 23 heavy (non-hydrogen) atoms. The second-order valence-corrected chi connectivity index (χ2v) is 10.5. The quantitative estimate of drug-likeness (QED) is 0.522. The van der Waals surface area contributed by atoms with Gasteiger partial charge in [-0.25, -0.2) is 0 Å². The van der Waals surface area contributed by atoms with Crippen LogP contribution in [0.3, 0.4) is 0 Å². The van der Waals surface area contributed by atoms with Gasteiger partial charge in [-0.3, -0.25) is 0 Å².